The third kappa shape index (κ3) is 6.96. The topological polar surface area (TPSA) is 46.5 Å². The van der Waals surface area contributed by atoms with E-state index in [1.807, 2.05) is 12.1 Å². The van der Waals surface area contributed by atoms with Crippen LogP contribution in [0.1, 0.15) is 27.8 Å². The highest BCUT2D eigenvalue weighted by Crippen LogP contribution is 2.43. The fourth-order valence-corrected chi connectivity index (χ4v) is 10.6. The van der Waals surface area contributed by atoms with Crippen LogP contribution in [0.4, 0.5) is 0 Å². The number of rotatable bonds is 7. The van der Waals surface area contributed by atoms with Crippen LogP contribution < -0.4 is 0 Å². The van der Waals surface area contributed by atoms with E-state index in [0.29, 0.717) is 5.56 Å². The number of fused-ring (bicyclic) bond motifs is 6. The van der Waals surface area contributed by atoms with Gasteiger partial charge in [-0.25, -0.2) is 4.98 Å². The molecule has 12 rings (SSSR count). The first-order valence-corrected chi connectivity index (χ1v) is 23.2. The van der Waals surface area contributed by atoms with Gasteiger partial charge in [0.2, 0.25) is 0 Å². The molecule has 0 atom stereocenters. The number of para-hydroxylation sites is 2. The summed E-state index contributed by atoms with van der Waals surface area (Å²) < 4.78 is 4.62. The zero-order chi connectivity index (χ0) is 46.0. The van der Waals surface area contributed by atoms with Crippen LogP contribution in [0, 0.1) is 39.0 Å². The largest absolute Gasteiger partial charge is 0.308 e. The number of pyridine rings is 1. The van der Waals surface area contributed by atoms with Crippen molar-refractivity contribution in [2.75, 3.05) is 0 Å². The van der Waals surface area contributed by atoms with E-state index in [4.69, 9.17) is 4.98 Å². The number of nitrogens with zero attached hydrogens (tertiary/aromatic N) is 4. The van der Waals surface area contributed by atoms with Crippen LogP contribution in [-0.2, 0) is 0 Å². The Labute approximate surface area is 396 Å². The summed E-state index contributed by atoms with van der Waals surface area (Å²) in [6, 6.07) is 76.6. The standard InChI is InChI=1S/C64H46N4/c1-40-27-41(2)30-48(29-40)46-23-25-61-54(33-46)52-19-11-13-21-59(52)67(61)63-37-51(50-35-57(44-15-7-5-8-16-44)66-58(36-50)45-17-9-6-10-18-45)38-64(56(63)39-65)68-60-22-14-12-20-53(60)55-34-47(24-26-62(55)68)49-31-42(3)28-43(4)32-49/h5-38H,1-4H3. The third-order valence-electron chi connectivity index (χ3n) is 13.4. The molecule has 0 aliphatic carbocycles. The van der Waals surface area contributed by atoms with Gasteiger partial charge in [0.1, 0.15) is 11.6 Å². The highest BCUT2D eigenvalue weighted by atomic mass is 15.0. The molecule has 0 saturated heterocycles. The summed E-state index contributed by atoms with van der Waals surface area (Å²) in [6.07, 6.45) is 0. The van der Waals surface area contributed by atoms with E-state index in [0.717, 1.165) is 99.8 Å². The predicted molar refractivity (Wildman–Crippen MR) is 284 cm³/mol. The molecule has 0 amide bonds. The van der Waals surface area contributed by atoms with E-state index in [1.54, 1.807) is 0 Å². The maximum atomic E-state index is 11.7. The molecule has 4 heteroatoms. The zero-order valence-corrected chi connectivity index (χ0v) is 38.4. The Morgan fingerprint density at radius 3 is 1.12 bits per heavy atom. The Morgan fingerprint density at radius 1 is 0.324 bits per heavy atom. The van der Waals surface area contributed by atoms with Gasteiger partial charge < -0.3 is 9.13 Å². The van der Waals surface area contributed by atoms with Gasteiger partial charge in [-0.15, -0.1) is 0 Å². The maximum absolute atomic E-state index is 11.7. The van der Waals surface area contributed by atoms with Gasteiger partial charge in [-0.3, -0.25) is 0 Å². The van der Waals surface area contributed by atoms with Gasteiger partial charge in [-0.2, -0.15) is 5.26 Å². The number of benzene rings is 9. The van der Waals surface area contributed by atoms with E-state index in [1.165, 1.54) is 33.4 Å². The average molecular weight is 871 g/mol. The van der Waals surface area contributed by atoms with Crippen molar-refractivity contribution in [2.24, 2.45) is 0 Å². The number of aromatic nitrogens is 3. The SMILES string of the molecule is Cc1cc(C)cc(-c2ccc3c(c2)c2ccccc2n3-c2cc(-c3cc(-c4ccccc4)nc(-c4ccccc4)c3)cc(-n3c4ccccc4c4cc(-c5cc(C)cc(C)c5)ccc43)c2C#N)c1. The van der Waals surface area contributed by atoms with Crippen LogP contribution in [0.2, 0.25) is 0 Å². The summed E-state index contributed by atoms with van der Waals surface area (Å²) in [5.74, 6) is 0. The number of hydrogen-bond donors (Lipinski definition) is 0. The molecule has 68 heavy (non-hydrogen) atoms. The Balaban J connectivity index is 1.18. The van der Waals surface area contributed by atoms with Gasteiger partial charge in [0.25, 0.3) is 0 Å². The van der Waals surface area contributed by atoms with Crippen LogP contribution in [-0.4, -0.2) is 14.1 Å². The van der Waals surface area contributed by atoms with E-state index >= 15 is 0 Å². The lowest BCUT2D eigenvalue weighted by Gasteiger charge is -2.19. The number of aryl methyl sites for hydroxylation is 4. The minimum atomic E-state index is 0.580. The molecule has 0 radical (unpaired) electrons. The van der Waals surface area contributed by atoms with Crippen LogP contribution in [0.25, 0.3) is 111 Å². The molecule has 0 aliphatic rings. The number of nitriles is 1. The quantitative estimate of drug-likeness (QED) is 0.160. The summed E-state index contributed by atoms with van der Waals surface area (Å²) in [5, 5.41) is 16.2. The van der Waals surface area contributed by atoms with Crippen molar-refractivity contribution in [1.29, 1.82) is 5.26 Å². The second-order valence-electron chi connectivity index (χ2n) is 18.3. The smallest absolute Gasteiger partial charge is 0.104 e. The fourth-order valence-electron chi connectivity index (χ4n) is 10.6. The van der Waals surface area contributed by atoms with Gasteiger partial charge >= 0.3 is 0 Å². The summed E-state index contributed by atoms with van der Waals surface area (Å²) in [7, 11) is 0. The van der Waals surface area contributed by atoms with Crippen molar-refractivity contribution < 1.29 is 0 Å². The molecular weight excluding hydrogens is 825 g/mol. The molecular formula is C64H46N4. The molecule has 0 unspecified atom stereocenters. The lowest BCUT2D eigenvalue weighted by Crippen LogP contribution is -2.05. The normalized spacial score (nSPS) is 11.5. The Kier molecular flexibility index (Phi) is 9.74. The molecule has 0 bridgehead atoms. The molecule has 3 heterocycles. The minimum Gasteiger partial charge on any atom is -0.308 e. The summed E-state index contributed by atoms with van der Waals surface area (Å²) in [6.45, 7) is 8.63. The monoisotopic (exact) mass is 870 g/mol. The Hall–Kier alpha value is -8.78. The van der Waals surface area contributed by atoms with E-state index in [9.17, 15) is 5.26 Å². The second kappa shape index (κ2) is 16.3. The van der Waals surface area contributed by atoms with Crippen molar-refractivity contribution in [3.63, 3.8) is 0 Å². The Bertz CT molecular complexity index is 3720. The number of hydrogen-bond acceptors (Lipinski definition) is 2. The lowest BCUT2D eigenvalue weighted by molar-refractivity contribution is 1.12. The Morgan fingerprint density at radius 2 is 0.691 bits per heavy atom. The molecule has 9 aromatic carbocycles. The van der Waals surface area contributed by atoms with Crippen molar-refractivity contribution in [1.82, 2.24) is 14.1 Å². The van der Waals surface area contributed by atoms with Crippen molar-refractivity contribution in [3.05, 3.63) is 234 Å². The van der Waals surface area contributed by atoms with Crippen molar-refractivity contribution in [2.45, 2.75) is 27.7 Å². The first kappa shape index (κ1) is 40.7. The molecule has 0 saturated carbocycles. The first-order valence-electron chi connectivity index (χ1n) is 23.2. The zero-order valence-electron chi connectivity index (χ0n) is 38.4. The predicted octanol–water partition coefficient (Wildman–Crippen LogP) is 16.7. The van der Waals surface area contributed by atoms with Gasteiger partial charge in [-0.05, 0) is 122 Å². The fraction of sp³-hybridized carbons (Fsp3) is 0.0625. The summed E-state index contributed by atoms with van der Waals surface area (Å²) in [5.41, 5.74) is 21.8. The summed E-state index contributed by atoms with van der Waals surface area (Å²) >= 11 is 0. The van der Waals surface area contributed by atoms with E-state index in [2.05, 4.69) is 237 Å². The molecule has 0 fully saturated rings. The maximum Gasteiger partial charge on any atom is 0.104 e. The van der Waals surface area contributed by atoms with Gasteiger partial charge in [0.05, 0.1) is 44.8 Å². The van der Waals surface area contributed by atoms with Crippen LogP contribution in [0.5, 0.6) is 0 Å². The molecule has 322 valence electrons. The van der Waals surface area contributed by atoms with E-state index in [-0.39, 0.29) is 0 Å². The molecule has 4 nitrogen and oxygen atoms in total. The lowest BCUT2D eigenvalue weighted by atomic mass is 9.96. The highest BCUT2D eigenvalue weighted by molar-refractivity contribution is 6.12. The molecule has 3 aromatic heterocycles. The van der Waals surface area contributed by atoms with Gasteiger partial charge in [0, 0.05) is 32.7 Å². The minimum absolute atomic E-state index is 0.580. The van der Waals surface area contributed by atoms with Gasteiger partial charge in [-0.1, -0.05) is 168 Å². The van der Waals surface area contributed by atoms with Gasteiger partial charge in [0.15, 0.2) is 0 Å². The van der Waals surface area contributed by atoms with Crippen LogP contribution in [0.3, 0.4) is 0 Å². The molecule has 12 aromatic rings. The highest BCUT2D eigenvalue weighted by Gasteiger charge is 2.24. The molecule has 0 aliphatic heterocycles. The first-order chi connectivity index (χ1) is 33.3. The van der Waals surface area contributed by atoms with E-state index < -0.39 is 0 Å². The van der Waals surface area contributed by atoms with Crippen molar-refractivity contribution >= 4 is 43.6 Å². The van der Waals surface area contributed by atoms with Crippen molar-refractivity contribution in [3.8, 4) is 73.3 Å². The van der Waals surface area contributed by atoms with Crippen LogP contribution >= 0.6 is 0 Å². The average Bonchev–Trinajstić information content (AvgIpc) is 3.88. The summed E-state index contributed by atoms with van der Waals surface area (Å²) in [4.78, 5) is 5.27. The van der Waals surface area contributed by atoms with Crippen LogP contribution in [0.15, 0.2) is 206 Å². The second-order valence-corrected chi connectivity index (χ2v) is 18.3. The molecule has 0 N–H and O–H groups in total. The molecule has 0 spiro atoms. The third-order valence-corrected chi connectivity index (χ3v) is 13.4.